The molecule has 0 radical (unpaired) electrons. The number of amides is 1. The molecule has 0 bridgehead atoms. The Bertz CT molecular complexity index is 576. The lowest BCUT2D eigenvalue weighted by molar-refractivity contribution is 0.191. The number of nitrogens with zero attached hydrogens (tertiary/aromatic N) is 2. The van der Waals surface area contributed by atoms with E-state index >= 15 is 0 Å². The molecule has 3 heterocycles. The quantitative estimate of drug-likeness (QED) is 0.743. The summed E-state index contributed by atoms with van der Waals surface area (Å²) in [6.07, 6.45) is 4.47. The van der Waals surface area contributed by atoms with Crippen molar-refractivity contribution in [2.24, 2.45) is 0 Å². The molecule has 100 valence electrons. The molecule has 19 heavy (non-hydrogen) atoms. The number of rotatable bonds is 2. The van der Waals surface area contributed by atoms with Crippen molar-refractivity contribution < 1.29 is 9.53 Å². The molecule has 0 atom stereocenters. The Hall–Kier alpha value is -2.15. The van der Waals surface area contributed by atoms with Gasteiger partial charge in [-0.1, -0.05) is 0 Å². The van der Waals surface area contributed by atoms with Gasteiger partial charge in [0, 0.05) is 12.2 Å². The summed E-state index contributed by atoms with van der Waals surface area (Å²) in [4.78, 5) is 22.8. The second kappa shape index (κ2) is 5.23. The molecule has 1 fully saturated rings. The van der Waals surface area contributed by atoms with E-state index in [0.717, 1.165) is 25.9 Å². The Morgan fingerprint density at radius 2 is 2.21 bits per heavy atom. The third kappa shape index (κ3) is 2.65. The van der Waals surface area contributed by atoms with Crippen molar-refractivity contribution in [2.75, 3.05) is 13.1 Å². The highest BCUT2D eigenvalue weighted by Gasteiger charge is 2.17. The summed E-state index contributed by atoms with van der Waals surface area (Å²) < 4.78 is 5.25. The molecule has 2 aromatic heterocycles. The van der Waals surface area contributed by atoms with Crippen LogP contribution < -0.4 is 15.4 Å². The first-order valence-corrected chi connectivity index (χ1v) is 6.30. The zero-order valence-electron chi connectivity index (χ0n) is 10.3. The first-order valence-electron chi connectivity index (χ1n) is 6.30. The van der Waals surface area contributed by atoms with Crippen LogP contribution in [0.3, 0.4) is 0 Å². The summed E-state index contributed by atoms with van der Waals surface area (Å²) in [5.41, 5.74) is 0.652. The van der Waals surface area contributed by atoms with E-state index in [9.17, 15) is 4.79 Å². The van der Waals surface area contributed by atoms with Crippen LogP contribution in [0.2, 0.25) is 0 Å². The summed E-state index contributed by atoms with van der Waals surface area (Å²) >= 11 is 0. The minimum Gasteiger partial charge on any atom is -0.390 e. The van der Waals surface area contributed by atoms with E-state index in [1.54, 1.807) is 12.3 Å². The van der Waals surface area contributed by atoms with E-state index in [0.29, 0.717) is 11.0 Å². The van der Waals surface area contributed by atoms with Crippen LogP contribution in [0.5, 0.6) is 5.88 Å². The van der Waals surface area contributed by atoms with Gasteiger partial charge in [-0.2, -0.15) is 0 Å². The normalized spacial score (nSPS) is 16.4. The molecule has 2 aromatic rings. The molecule has 0 unspecified atom stereocenters. The van der Waals surface area contributed by atoms with Crippen LogP contribution in [-0.4, -0.2) is 40.2 Å². The Morgan fingerprint density at radius 1 is 1.37 bits per heavy atom. The summed E-state index contributed by atoms with van der Waals surface area (Å²) in [6, 6.07) is 1.94. The molecule has 3 rings (SSSR count). The summed E-state index contributed by atoms with van der Waals surface area (Å²) in [5, 5.41) is 6.79. The summed E-state index contributed by atoms with van der Waals surface area (Å²) in [6.45, 7) is 1.83. The number of nitrogens with one attached hydrogen (secondary N) is 3. The lowest BCUT2D eigenvalue weighted by Gasteiger charge is -2.23. The summed E-state index contributed by atoms with van der Waals surface area (Å²) in [5.74, 6) is 0.276. The number of carbonyl (C=O) groups is 1. The maximum atomic E-state index is 11.8. The monoisotopic (exact) mass is 261 g/mol. The molecule has 1 aliphatic rings. The van der Waals surface area contributed by atoms with Crippen molar-refractivity contribution in [1.29, 1.82) is 0 Å². The van der Waals surface area contributed by atoms with Crippen LogP contribution in [0.1, 0.15) is 12.8 Å². The number of piperidine rings is 1. The lowest BCUT2D eigenvalue weighted by atomic mass is 10.1. The highest BCUT2D eigenvalue weighted by molar-refractivity contribution is 5.83. The van der Waals surface area contributed by atoms with Gasteiger partial charge in [-0.05, 0) is 32.0 Å². The fraction of sp³-hybridized carbons (Fsp3) is 0.417. The van der Waals surface area contributed by atoms with E-state index in [1.165, 1.54) is 6.33 Å². The molecule has 1 aliphatic heterocycles. The van der Waals surface area contributed by atoms with Crippen LogP contribution in [0.15, 0.2) is 18.6 Å². The van der Waals surface area contributed by atoms with Gasteiger partial charge in [0.1, 0.15) is 12.0 Å². The molecule has 0 aromatic carbocycles. The van der Waals surface area contributed by atoms with Gasteiger partial charge in [0.05, 0.1) is 5.39 Å². The molecule has 1 amide bonds. The maximum Gasteiger partial charge on any atom is 0.414 e. The second-order valence-electron chi connectivity index (χ2n) is 4.48. The molecule has 7 nitrogen and oxygen atoms in total. The van der Waals surface area contributed by atoms with Gasteiger partial charge in [-0.3, -0.25) is 0 Å². The molecular formula is C12H15N5O2. The smallest absolute Gasteiger partial charge is 0.390 e. The predicted molar refractivity (Wildman–Crippen MR) is 68.9 cm³/mol. The van der Waals surface area contributed by atoms with Crippen molar-refractivity contribution in [3.8, 4) is 5.88 Å². The van der Waals surface area contributed by atoms with E-state index in [2.05, 4.69) is 25.6 Å². The fourth-order valence-electron chi connectivity index (χ4n) is 2.18. The number of hydrogen-bond acceptors (Lipinski definition) is 5. The highest BCUT2D eigenvalue weighted by atomic mass is 16.6. The number of H-pyrrole nitrogens is 1. The van der Waals surface area contributed by atoms with Crippen molar-refractivity contribution in [3.63, 3.8) is 0 Å². The number of fused-ring (bicyclic) bond motifs is 1. The third-order valence-electron chi connectivity index (χ3n) is 3.17. The average molecular weight is 261 g/mol. The van der Waals surface area contributed by atoms with Crippen molar-refractivity contribution in [2.45, 2.75) is 18.9 Å². The molecular weight excluding hydrogens is 246 g/mol. The number of aromatic amines is 1. The first-order chi connectivity index (χ1) is 9.33. The van der Waals surface area contributed by atoms with E-state index < -0.39 is 6.09 Å². The lowest BCUT2D eigenvalue weighted by Crippen LogP contribution is -2.43. The maximum absolute atomic E-state index is 11.8. The third-order valence-corrected chi connectivity index (χ3v) is 3.17. The number of ether oxygens (including phenoxy) is 1. The standard InChI is InChI=1S/C12H15N5O2/c18-12(17-8-1-4-13-5-2-8)19-11-9-3-6-14-10(9)15-7-16-11/h3,6-8,13H,1-2,4-5H2,(H,17,18)(H,14,15,16). The van der Waals surface area contributed by atoms with Gasteiger partial charge in [-0.25, -0.2) is 14.8 Å². The van der Waals surface area contributed by atoms with Crippen LogP contribution in [-0.2, 0) is 0 Å². The number of aromatic nitrogens is 3. The average Bonchev–Trinajstić information content (AvgIpc) is 2.89. The van der Waals surface area contributed by atoms with Crippen LogP contribution in [0.4, 0.5) is 4.79 Å². The van der Waals surface area contributed by atoms with E-state index in [4.69, 9.17) is 4.74 Å². The highest BCUT2D eigenvalue weighted by Crippen LogP contribution is 2.19. The number of hydrogen-bond donors (Lipinski definition) is 3. The second-order valence-corrected chi connectivity index (χ2v) is 4.48. The first kappa shape index (κ1) is 11.9. The van der Waals surface area contributed by atoms with Crippen molar-refractivity contribution >= 4 is 17.1 Å². The summed E-state index contributed by atoms with van der Waals surface area (Å²) in [7, 11) is 0. The van der Waals surface area contributed by atoms with Gasteiger partial charge in [-0.15, -0.1) is 0 Å². The van der Waals surface area contributed by atoms with Gasteiger partial charge < -0.3 is 20.4 Å². The van der Waals surface area contributed by atoms with Crippen molar-refractivity contribution in [3.05, 3.63) is 18.6 Å². The minimum absolute atomic E-state index is 0.164. The molecule has 0 spiro atoms. The molecule has 0 aliphatic carbocycles. The van der Waals surface area contributed by atoms with Gasteiger partial charge >= 0.3 is 6.09 Å². The largest absolute Gasteiger partial charge is 0.414 e. The zero-order chi connectivity index (χ0) is 13.1. The minimum atomic E-state index is -0.465. The Morgan fingerprint density at radius 3 is 3.05 bits per heavy atom. The molecule has 3 N–H and O–H groups in total. The Balaban J connectivity index is 1.67. The number of carbonyl (C=O) groups excluding carboxylic acids is 1. The Kier molecular flexibility index (Phi) is 3.28. The van der Waals surface area contributed by atoms with Crippen LogP contribution in [0.25, 0.3) is 11.0 Å². The molecule has 7 heteroatoms. The van der Waals surface area contributed by atoms with E-state index in [1.807, 2.05) is 0 Å². The Labute approximate surface area is 109 Å². The van der Waals surface area contributed by atoms with Gasteiger partial charge in [0.15, 0.2) is 0 Å². The fourth-order valence-corrected chi connectivity index (χ4v) is 2.18. The topological polar surface area (TPSA) is 91.9 Å². The molecule has 1 saturated heterocycles. The van der Waals surface area contributed by atoms with E-state index in [-0.39, 0.29) is 11.9 Å². The molecule has 0 saturated carbocycles. The van der Waals surface area contributed by atoms with Gasteiger partial charge in [0.2, 0.25) is 5.88 Å². The SMILES string of the molecule is O=C(NC1CCNCC1)Oc1ncnc2[nH]ccc12. The van der Waals surface area contributed by atoms with Crippen molar-refractivity contribution in [1.82, 2.24) is 25.6 Å². The zero-order valence-corrected chi connectivity index (χ0v) is 10.3. The predicted octanol–water partition coefficient (Wildman–Crippen LogP) is 0.798. The van der Waals surface area contributed by atoms with Gasteiger partial charge in [0.25, 0.3) is 0 Å². The van der Waals surface area contributed by atoms with Crippen LogP contribution >= 0.6 is 0 Å². The van der Waals surface area contributed by atoms with Crippen LogP contribution in [0, 0.1) is 0 Å².